The Morgan fingerprint density at radius 3 is 1.75 bits per heavy atom. The lowest BCUT2D eigenvalue weighted by atomic mass is 10.3. The van der Waals surface area contributed by atoms with E-state index in [1.807, 2.05) is 0 Å². The van der Waals surface area contributed by atoms with Gasteiger partial charge in [0, 0.05) is 6.07 Å². The second-order valence-electron chi connectivity index (χ2n) is 3.44. The van der Waals surface area contributed by atoms with Crippen LogP contribution in [-0.2, 0) is 6.18 Å². The third kappa shape index (κ3) is 4.17. The molecule has 1 heterocycles. The SMILES string of the molecule is FC(F)(F)c1cccc(OC(C(F)(F)F)C(F)(F)F)n1. The van der Waals surface area contributed by atoms with Crippen molar-refractivity contribution < 1.29 is 44.3 Å². The van der Waals surface area contributed by atoms with Crippen molar-refractivity contribution in [2.75, 3.05) is 0 Å². The van der Waals surface area contributed by atoms with Crippen molar-refractivity contribution in [1.82, 2.24) is 4.98 Å². The van der Waals surface area contributed by atoms with Gasteiger partial charge in [0.05, 0.1) is 0 Å². The molecule has 2 nitrogen and oxygen atoms in total. The van der Waals surface area contributed by atoms with Gasteiger partial charge < -0.3 is 4.74 Å². The first-order chi connectivity index (χ1) is 8.82. The predicted molar refractivity (Wildman–Crippen MR) is 45.8 cm³/mol. The highest BCUT2D eigenvalue weighted by atomic mass is 19.4. The van der Waals surface area contributed by atoms with Crippen LogP contribution in [0.25, 0.3) is 0 Å². The van der Waals surface area contributed by atoms with Gasteiger partial charge in [0.15, 0.2) is 0 Å². The number of pyridine rings is 1. The number of aromatic nitrogens is 1. The average molecular weight is 313 g/mol. The van der Waals surface area contributed by atoms with Crippen LogP contribution < -0.4 is 4.74 Å². The lowest BCUT2D eigenvalue weighted by Crippen LogP contribution is -2.46. The Kier molecular flexibility index (Phi) is 4.11. The maximum absolute atomic E-state index is 12.2. The molecule has 0 atom stereocenters. The van der Waals surface area contributed by atoms with Crippen molar-refractivity contribution in [3.05, 3.63) is 23.9 Å². The molecule has 0 aliphatic rings. The molecule has 0 unspecified atom stereocenters. The van der Waals surface area contributed by atoms with E-state index >= 15 is 0 Å². The van der Waals surface area contributed by atoms with Gasteiger partial charge in [-0.1, -0.05) is 6.07 Å². The molecule has 0 fully saturated rings. The first-order valence-corrected chi connectivity index (χ1v) is 4.66. The Bertz CT molecular complexity index is 448. The van der Waals surface area contributed by atoms with E-state index in [0.717, 1.165) is 0 Å². The smallest absolute Gasteiger partial charge is 0.434 e. The third-order valence-corrected chi connectivity index (χ3v) is 1.85. The molecular formula is C9H4F9NO. The molecule has 1 aromatic heterocycles. The van der Waals surface area contributed by atoms with Crippen molar-refractivity contribution in [3.8, 4) is 5.88 Å². The molecule has 1 aromatic rings. The quantitative estimate of drug-likeness (QED) is 0.771. The highest BCUT2D eigenvalue weighted by molar-refractivity contribution is 5.18. The van der Waals surface area contributed by atoms with Gasteiger partial charge in [0.2, 0.25) is 5.88 Å². The summed E-state index contributed by atoms with van der Waals surface area (Å²) in [4.78, 5) is 2.56. The first-order valence-electron chi connectivity index (χ1n) is 4.66. The van der Waals surface area contributed by atoms with Crippen LogP contribution in [0.4, 0.5) is 39.5 Å². The molecule has 0 bridgehead atoms. The Morgan fingerprint density at radius 1 is 0.850 bits per heavy atom. The van der Waals surface area contributed by atoms with Crippen LogP contribution in [0.15, 0.2) is 18.2 Å². The molecule has 1 rings (SSSR count). The summed E-state index contributed by atoms with van der Waals surface area (Å²) in [7, 11) is 0. The van der Waals surface area contributed by atoms with Gasteiger partial charge in [-0.25, -0.2) is 4.98 Å². The van der Waals surface area contributed by atoms with E-state index < -0.39 is 36.2 Å². The zero-order valence-corrected chi connectivity index (χ0v) is 9.07. The zero-order valence-electron chi connectivity index (χ0n) is 9.07. The molecule has 0 saturated heterocycles. The molecule has 0 aliphatic heterocycles. The fraction of sp³-hybridized carbons (Fsp3) is 0.444. The minimum absolute atomic E-state index is 0.378. The summed E-state index contributed by atoms with van der Waals surface area (Å²) in [6.45, 7) is 0. The summed E-state index contributed by atoms with van der Waals surface area (Å²) in [5.41, 5.74) is -1.67. The minimum atomic E-state index is -5.84. The number of hydrogen-bond acceptors (Lipinski definition) is 2. The van der Waals surface area contributed by atoms with E-state index in [4.69, 9.17) is 0 Å². The Labute approximate surface area is 105 Å². The molecule has 0 aromatic carbocycles. The van der Waals surface area contributed by atoms with Crippen LogP contribution in [0.3, 0.4) is 0 Å². The Balaban J connectivity index is 3.08. The van der Waals surface area contributed by atoms with Crippen LogP contribution in [0.2, 0.25) is 0 Å². The summed E-state index contributed by atoms with van der Waals surface area (Å²) in [6.07, 6.45) is -21.0. The molecule has 11 heteroatoms. The molecular weight excluding hydrogens is 309 g/mol. The molecule has 20 heavy (non-hydrogen) atoms. The summed E-state index contributed by atoms with van der Waals surface area (Å²) in [6, 6.07) is 1.41. The van der Waals surface area contributed by atoms with Crippen LogP contribution in [0.1, 0.15) is 5.69 Å². The van der Waals surface area contributed by atoms with Gasteiger partial charge in [-0.2, -0.15) is 39.5 Å². The van der Waals surface area contributed by atoms with Crippen LogP contribution in [-0.4, -0.2) is 23.4 Å². The van der Waals surface area contributed by atoms with Gasteiger partial charge in [-0.15, -0.1) is 0 Å². The summed E-state index contributed by atoms with van der Waals surface area (Å²) in [5, 5.41) is 0. The van der Waals surface area contributed by atoms with Gasteiger partial charge >= 0.3 is 18.5 Å². The highest BCUT2D eigenvalue weighted by Crippen LogP contribution is 2.36. The summed E-state index contributed by atoms with van der Waals surface area (Å²) in [5.74, 6) is -1.43. The number of halogens is 9. The van der Waals surface area contributed by atoms with Crippen LogP contribution in [0, 0.1) is 0 Å². The van der Waals surface area contributed by atoms with Crippen molar-refractivity contribution in [1.29, 1.82) is 0 Å². The summed E-state index contributed by atoms with van der Waals surface area (Å²) >= 11 is 0. The van der Waals surface area contributed by atoms with Crippen molar-refractivity contribution >= 4 is 0 Å². The predicted octanol–water partition coefficient (Wildman–Crippen LogP) is 3.97. The maximum atomic E-state index is 12.2. The van der Waals surface area contributed by atoms with E-state index in [2.05, 4.69) is 9.72 Å². The molecule has 0 radical (unpaired) electrons. The minimum Gasteiger partial charge on any atom is -0.455 e. The summed E-state index contributed by atoms with van der Waals surface area (Å²) < 4.78 is 113. The van der Waals surface area contributed by atoms with Crippen molar-refractivity contribution in [2.24, 2.45) is 0 Å². The van der Waals surface area contributed by atoms with Gasteiger partial charge in [-0.3, -0.25) is 0 Å². The fourth-order valence-corrected chi connectivity index (χ4v) is 1.08. The molecule has 0 spiro atoms. The maximum Gasteiger partial charge on any atom is 0.434 e. The van der Waals surface area contributed by atoms with Crippen molar-refractivity contribution in [3.63, 3.8) is 0 Å². The second-order valence-corrected chi connectivity index (χ2v) is 3.44. The van der Waals surface area contributed by atoms with Gasteiger partial charge in [-0.05, 0) is 6.07 Å². The highest BCUT2D eigenvalue weighted by Gasteiger charge is 2.59. The zero-order chi connectivity index (χ0) is 15.8. The molecule has 0 N–H and O–H groups in total. The third-order valence-electron chi connectivity index (χ3n) is 1.85. The molecule has 0 saturated carbocycles. The fourth-order valence-electron chi connectivity index (χ4n) is 1.08. The Morgan fingerprint density at radius 2 is 1.35 bits per heavy atom. The largest absolute Gasteiger partial charge is 0.455 e. The van der Waals surface area contributed by atoms with Crippen LogP contribution >= 0.6 is 0 Å². The number of nitrogens with zero attached hydrogens (tertiary/aromatic N) is 1. The average Bonchev–Trinajstić information content (AvgIpc) is 2.22. The van der Waals surface area contributed by atoms with E-state index in [0.29, 0.717) is 18.2 Å². The van der Waals surface area contributed by atoms with Crippen molar-refractivity contribution in [2.45, 2.75) is 24.6 Å². The van der Waals surface area contributed by atoms with E-state index in [1.165, 1.54) is 0 Å². The number of ether oxygens (including phenoxy) is 1. The van der Waals surface area contributed by atoms with Gasteiger partial charge in [0.25, 0.3) is 6.10 Å². The Hall–Kier alpha value is -1.68. The monoisotopic (exact) mass is 313 g/mol. The molecule has 0 amide bonds. The lowest BCUT2D eigenvalue weighted by molar-refractivity contribution is -0.300. The second kappa shape index (κ2) is 5.02. The molecule has 114 valence electrons. The van der Waals surface area contributed by atoms with Crippen LogP contribution in [0.5, 0.6) is 5.88 Å². The number of rotatable bonds is 2. The normalized spacial score (nSPS) is 13.7. The van der Waals surface area contributed by atoms with E-state index in [9.17, 15) is 39.5 Å². The topological polar surface area (TPSA) is 22.1 Å². The van der Waals surface area contributed by atoms with E-state index in [-0.39, 0.29) is 0 Å². The van der Waals surface area contributed by atoms with E-state index in [1.54, 1.807) is 0 Å². The van der Waals surface area contributed by atoms with Gasteiger partial charge in [0.1, 0.15) is 5.69 Å². The first kappa shape index (κ1) is 16.4. The lowest BCUT2D eigenvalue weighted by Gasteiger charge is -2.23. The standard InChI is InChI=1S/C9H4F9NO/c10-7(11,12)4-2-1-3-5(19-4)20-6(8(13,14)15)9(16,17)18/h1-3,6H. The molecule has 0 aliphatic carbocycles. The number of hydrogen-bond donors (Lipinski definition) is 0. The number of alkyl halides is 9.